The van der Waals surface area contributed by atoms with Crippen LogP contribution in [0.15, 0.2) is 45.7 Å². The van der Waals surface area contributed by atoms with Crippen LogP contribution in [0.1, 0.15) is 113 Å². The van der Waals surface area contributed by atoms with E-state index in [1.807, 2.05) is 31.2 Å². The van der Waals surface area contributed by atoms with E-state index in [9.17, 15) is 24.4 Å². The van der Waals surface area contributed by atoms with Crippen molar-refractivity contribution in [1.29, 1.82) is 5.26 Å². The Bertz CT molecular complexity index is 1770. The van der Waals surface area contributed by atoms with E-state index in [4.69, 9.17) is 4.52 Å². The second kappa shape index (κ2) is 14.4. The second-order valence-corrected chi connectivity index (χ2v) is 13.6. The Balaban J connectivity index is 1.53. The third kappa shape index (κ3) is 6.52. The van der Waals surface area contributed by atoms with Gasteiger partial charge in [-0.1, -0.05) is 31.4 Å². The smallest absolute Gasteiger partial charge is 0.355 e. The van der Waals surface area contributed by atoms with E-state index in [0.717, 1.165) is 60.8 Å². The van der Waals surface area contributed by atoms with Crippen molar-refractivity contribution >= 4 is 17.7 Å². The molecule has 3 aromatic rings. The maximum absolute atomic E-state index is 13.3. The molecule has 3 aliphatic rings. The highest BCUT2D eigenvalue weighted by atomic mass is 16.5. The van der Waals surface area contributed by atoms with Crippen molar-refractivity contribution < 1.29 is 18.9 Å². The van der Waals surface area contributed by atoms with Crippen molar-refractivity contribution in [2.75, 3.05) is 27.2 Å². The lowest BCUT2D eigenvalue weighted by molar-refractivity contribution is -0.130. The Morgan fingerprint density at radius 3 is 2.14 bits per heavy atom. The predicted octanol–water partition coefficient (Wildman–Crippen LogP) is 3.38. The zero-order valence-corrected chi connectivity index (χ0v) is 28.5. The summed E-state index contributed by atoms with van der Waals surface area (Å²) in [6.45, 7) is 2.62. The Labute approximate surface area is 286 Å². The molecule has 49 heavy (non-hydrogen) atoms. The molecule has 1 aliphatic heterocycles. The quantitative estimate of drug-likeness (QED) is 0.313. The summed E-state index contributed by atoms with van der Waals surface area (Å²) in [5.74, 6) is -0.730. The number of likely N-dealkylation sites (tertiary alicyclic amines) is 1. The van der Waals surface area contributed by atoms with Gasteiger partial charge in [0.25, 0.3) is 11.8 Å². The first-order chi connectivity index (χ1) is 23.7. The molecule has 2 aromatic carbocycles. The van der Waals surface area contributed by atoms with Crippen LogP contribution in [0.3, 0.4) is 0 Å². The third-order valence-electron chi connectivity index (χ3n) is 10.6. The van der Waals surface area contributed by atoms with Crippen LogP contribution in [0.5, 0.6) is 0 Å². The number of carbonyl (C=O) groups excluding carboxylic acids is 3. The van der Waals surface area contributed by atoms with E-state index in [-0.39, 0.29) is 36.3 Å². The van der Waals surface area contributed by atoms with Crippen molar-refractivity contribution in [3.8, 4) is 6.07 Å². The summed E-state index contributed by atoms with van der Waals surface area (Å²) >= 11 is 0. The number of rotatable bonds is 9. The SMILES string of the molecule is CNC(=O)c1ccc2c(c1)CCc1cc(C(=O)NC)ccc1C2(C[C@H](C)NCC(=O)N1CCCC1C#N)c1nc(=O)on1C1CCCCC1. The minimum absolute atomic E-state index is 0.0502. The first-order valence-electron chi connectivity index (χ1n) is 17.4. The molecule has 0 bridgehead atoms. The molecule has 2 fully saturated rings. The van der Waals surface area contributed by atoms with Gasteiger partial charge in [0.15, 0.2) is 5.82 Å². The molecule has 2 heterocycles. The summed E-state index contributed by atoms with van der Waals surface area (Å²) in [6, 6.07) is 12.9. The first kappa shape index (κ1) is 34.1. The van der Waals surface area contributed by atoms with E-state index >= 15 is 0 Å². The number of nitrogens with one attached hydrogen (secondary N) is 3. The summed E-state index contributed by atoms with van der Waals surface area (Å²) in [6.07, 6.45) is 7.88. The van der Waals surface area contributed by atoms with Gasteiger partial charge in [0, 0.05) is 37.8 Å². The lowest BCUT2D eigenvalue weighted by Crippen LogP contribution is -2.46. The van der Waals surface area contributed by atoms with Crippen LogP contribution >= 0.6 is 0 Å². The topological polar surface area (TPSA) is 162 Å². The molecule has 258 valence electrons. The van der Waals surface area contributed by atoms with Gasteiger partial charge in [-0.25, -0.2) is 4.79 Å². The number of nitrogens with zero attached hydrogens (tertiary/aromatic N) is 4. The number of amides is 3. The Hall–Kier alpha value is -4.76. The van der Waals surface area contributed by atoms with Crippen molar-refractivity contribution in [3.63, 3.8) is 0 Å². The van der Waals surface area contributed by atoms with E-state index in [1.165, 1.54) is 0 Å². The number of aryl methyl sites for hydroxylation is 2. The zero-order chi connectivity index (χ0) is 34.7. The van der Waals surface area contributed by atoms with Gasteiger partial charge in [0.05, 0.1) is 24.1 Å². The van der Waals surface area contributed by atoms with Crippen LogP contribution in [0.4, 0.5) is 0 Å². The number of hydrogen-bond acceptors (Lipinski definition) is 8. The van der Waals surface area contributed by atoms with Gasteiger partial charge in [0.2, 0.25) is 5.91 Å². The van der Waals surface area contributed by atoms with E-state index in [1.54, 1.807) is 35.9 Å². The molecule has 12 heteroatoms. The van der Waals surface area contributed by atoms with Gasteiger partial charge in [-0.3, -0.25) is 14.4 Å². The average Bonchev–Trinajstić information content (AvgIpc) is 3.75. The van der Waals surface area contributed by atoms with Gasteiger partial charge in [-0.05, 0) is 98.4 Å². The molecule has 1 saturated carbocycles. The van der Waals surface area contributed by atoms with Crippen LogP contribution in [-0.2, 0) is 23.1 Å². The van der Waals surface area contributed by atoms with E-state index < -0.39 is 17.2 Å². The summed E-state index contributed by atoms with van der Waals surface area (Å²) < 4.78 is 7.68. The number of benzene rings is 2. The van der Waals surface area contributed by atoms with Crippen molar-refractivity contribution in [3.05, 3.63) is 86.2 Å². The Morgan fingerprint density at radius 1 is 0.959 bits per heavy atom. The highest BCUT2D eigenvalue weighted by Crippen LogP contribution is 2.48. The fourth-order valence-electron chi connectivity index (χ4n) is 8.20. The number of aromatic nitrogens is 2. The van der Waals surface area contributed by atoms with Gasteiger partial charge in [-0.2, -0.15) is 15.0 Å². The molecule has 1 aromatic heterocycles. The molecule has 12 nitrogen and oxygen atoms in total. The van der Waals surface area contributed by atoms with E-state index in [2.05, 4.69) is 27.0 Å². The van der Waals surface area contributed by atoms with Gasteiger partial charge >= 0.3 is 5.76 Å². The van der Waals surface area contributed by atoms with Crippen molar-refractivity contribution in [2.24, 2.45) is 0 Å². The molecule has 6 rings (SSSR count). The molecular weight excluding hydrogens is 622 g/mol. The molecular formula is C37H45N7O5. The Kier molecular flexibility index (Phi) is 10.0. The van der Waals surface area contributed by atoms with Crippen molar-refractivity contribution in [2.45, 2.75) is 94.7 Å². The molecule has 0 spiro atoms. The number of nitriles is 1. The monoisotopic (exact) mass is 667 g/mol. The minimum Gasteiger partial charge on any atom is -0.355 e. The van der Waals surface area contributed by atoms with Gasteiger partial charge in [0.1, 0.15) is 6.04 Å². The summed E-state index contributed by atoms with van der Waals surface area (Å²) in [7, 11) is 3.20. The van der Waals surface area contributed by atoms with Crippen LogP contribution in [-0.4, -0.2) is 71.6 Å². The maximum atomic E-state index is 13.3. The Morgan fingerprint density at radius 2 is 1.57 bits per heavy atom. The number of carbonyl (C=O) groups is 3. The number of fused-ring (bicyclic) bond motifs is 2. The molecule has 0 radical (unpaired) electrons. The molecule has 1 saturated heterocycles. The van der Waals surface area contributed by atoms with Gasteiger partial charge < -0.3 is 25.4 Å². The van der Waals surface area contributed by atoms with Crippen LogP contribution in [0.2, 0.25) is 0 Å². The zero-order valence-electron chi connectivity index (χ0n) is 28.5. The van der Waals surface area contributed by atoms with Crippen LogP contribution in [0.25, 0.3) is 0 Å². The van der Waals surface area contributed by atoms with Crippen molar-refractivity contribution in [1.82, 2.24) is 30.6 Å². The lowest BCUT2D eigenvalue weighted by Gasteiger charge is -2.39. The van der Waals surface area contributed by atoms with Crippen LogP contribution < -0.4 is 21.7 Å². The summed E-state index contributed by atoms with van der Waals surface area (Å²) in [4.78, 5) is 58.5. The fourth-order valence-corrected chi connectivity index (χ4v) is 8.20. The first-order valence-corrected chi connectivity index (χ1v) is 17.4. The largest absolute Gasteiger partial charge is 0.459 e. The minimum atomic E-state index is -1.05. The summed E-state index contributed by atoms with van der Waals surface area (Å²) in [5, 5.41) is 18.5. The second-order valence-electron chi connectivity index (χ2n) is 13.6. The highest BCUT2D eigenvalue weighted by Gasteiger charge is 2.47. The molecule has 3 amide bonds. The molecule has 2 aliphatic carbocycles. The van der Waals surface area contributed by atoms with Gasteiger partial charge in [-0.15, -0.1) is 0 Å². The highest BCUT2D eigenvalue weighted by molar-refractivity contribution is 5.95. The standard InChI is InChI=1S/C37H45N7O5/c1-23(41-22-32(45)43-17-7-10-29(43)21-38)20-37(35-42-36(48)49-44(35)28-8-5-4-6-9-28)30-15-13-26(33(46)39-2)18-24(30)11-12-25-19-27(34(47)40-3)14-16-31(25)37/h13-16,18-19,23,28-29,41H,4-12,17,20,22H2,1-3H3,(H,39,46)(H,40,47)/t23-,29?/m0/s1. The predicted molar refractivity (Wildman–Crippen MR) is 182 cm³/mol. The maximum Gasteiger partial charge on any atom is 0.459 e. The lowest BCUT2D eigenvalue weighted by atomic mass is 9.67. The average molecular weight is 668 g/mol. The summed E-state index contributed by atoms with van der Waals surface area (Å²) in [5.41, 5.74) is 3.65. The van der Waals surface area contributed by atoms with Crippen LogP contribution in [0, 0.1) is 11.3 Å². The van der Waals surface area contributed by atoms with E-state index in [0.29, 0.717) is 49.2 Å². The third-order valence-corrected chi connectivity index (χ3v) is 10.6. The molecule has 1 unspecified atom stereocenters. The fraction of sp³-hybridized carbons (Fsp3) is 0.514. The molecule has 2 atom stereocenters. The number of hydrogen-bond donors (Lipinski definition) is 3. The molecule has 3 N–H and O–H groups in total. The normalized spacial score (nSPS) is 19.2.